The van der Waals surface area contributed by atoms with Gasteiger partial charge >= 0.3 is 0 Å². The van der Waals surface area contributed by atoms with Crippen molar-refractivity contribution in [3.8, 4) is 0 Å². The lowest BCUT2D eigenvalue weighted by atomic mass is 10.1. The predicted octanol–water partition coefficient (Wildman–Crippen LogP) is 3.35. The van der Waals surface area contributed by atoms with Gasteiger partial charge in [-0.25, -0.2) is 9.97 Å². The quantitative estimate of drug-likeness (QED) is 0.889. The van der Waals surface area contributed by atoms with E-state index in [0.29, 0.717) is 6.04 Å². The number of hydrogen-bond acceptors (Lipinski definition) is 5. The van der Waals surface area contributed by atoms with Crippen molar-refractivity contribution in [2.45, 2.75) is 51.5 Å². The number of nitrogens with zero attached hydrogens (tertiary/aromatic N) is 3. The number of aromatic nitrogens is 2. The van der Waals surface area contributed by atoms with Crippen LogP contribution in [0.1, 0.15) is 43.9 Å². The molecule has 0 aromatic carbocycles. The minimum absolute atomic E-state index is 0.625. The smallest absolute Gasteiger partial charge is 0.141 e. The van der Waals surface area contributed by atoms with Crippen molar-refractivity contribution < 1.29 is 0 Å². The van der Waals surface area contributed by atoms with Gasteiger partial charge in [0, 0.05) is 17.5 Å². The van der Waals surface area contributed by atoms with Crippen LogP contribution in [0.4, 0.5) is 5.82 Å². The lowest BCUT2D eigenvalue weighted by Crippen LogP contribution is -2.35. The van der Waals surface area contributed by atoms with E-state index >= 15 is 0 Å². The zero-order valence-corrected chi connectivity index (χ0v) is 13.5. The lowest BCUT2D eigenvalue weighted by molar-refractivity contribution is 0.588. The summed E-state index contributed by atoms with van der Waals surface area (Å²) in [7, 11) is 0. The van der Waals surface area contributed by atoms with Gasteiger partial charge in [0.15, 0.2) is 0 Å². The van der Waals surface area contributed by atoms with Crippen LogP contribution in [-0.2, 0) is 6.42 Å². The summed E-state index contributed by atoms with van der Waals surface area (Å²) in [4.78, 5) is 14.1. The summed E-state index contributed by atoms with van der Waals surface area (Å²) in [5, 5.41) is 1.23. The molecular formula is C16H24N4S. The highest BCUT2D eigenvalue weighted by Gasteiger charge is 2.25. The molecule has 0 spiro atoms. The Labute approximate surface area is 130 Å². The third-order valence-electron chi connectivity index (χ3n) is 4.35. The molecule has 3 rings (SSSR count). The van der Waals surface area contributed by atoms with Crippen LogP contribution in [0.3, 0.4) is 0 Å². The van der Waals surface area contributed by atoms with Gasteiger partial charge in [-0.05, 0) is 38.3 Å². The largest absolute Gasteiger partial charge is 0.353 e. The van der Waals surface area contributed by atoms with Gasteiger partial charge in [-0.15, -0.1) is 11.3 Å². The average Bonchev–Trinajstić information content (AvgIpc) is 3.16. The Kier molecular flexibility index (Phi) is 4.70. The fourth-order valence-electron chi connectivity index (χ4n) is 3.24. The van der Waals surface area contributed by atoms with Crippen molar-refractivity contribution in [3.63, 3.8) is 0 Å². The fraction of sp³-hybridized carbons (Fsp3) is 0.625. The molecule has 0 radical (unpaired) electrons. The third kappa shape index (κ3) is 3.04. The second kappa shape index (κ2) is 6.71. The van der Waals surface area contributed by atoms with E-state index in [0.717, 1.165) is 36.6 Å². The molecule has 0 atom stereocenters. The van der Waals surface area contributed by atoms with Gasteiger partial charge in [-0.3, -0.25) is 0 Å². The molecule has 1 fully saturated rings. The Balaban J connectivity index is 1.98. The summed E-state index contributed by atoms with van der Waals surface area (Å²) >= 11 is 1.79. The highest BCUT2D eigenvalue weighted by Crippen LogP contribution is 2.34. The number of hydrogen-bond donors (Lipinski definition) is 1. The number of anilines is 1. The van der Waals surface area contributed by atoms with E-state index in [1.165, 1.54) is 35.9 Å². The number of thiophene rings is 1. The van der Waals surface area contributed by atoms with Crippen LogP contribution >= 0.6 is 11.3 Å². The number of rotatable bonds is 6. The average molecular weight is 304 g/mol. The summed E-state index contributed by atoms with van der Waals surface area (Å²) in [5.74, 6) is 1.12. The van der Waals surface area contributed by atoms with Crippen LogP contribution in [0, 0.1) is 0 Å². The molecule has 0 amide bonds. The van der Waals surface area contributed by atoms with E-state index in [4.69, 9.17) is 5.73 Å². The van der Waals surface area contributed by atoms with E-state index in [-0.39, 0.29) is 0 Å². The molecule has 2 heterocycles. The first-order valence-corrected chi connectivity index (χ1v) is 8.85. The van der Waals surface area contributed by atoms with Crippen LogP contribution in [0.25, 0.3) is 10.2 Å². The van der Waals surface area contributed by atoms with Gasteiger partial charge in [0.2, 0.25) is 0 Å². The Bertz CT molecular complexity index is 589. The van der Waals surface area contributed by atoms with Crippen LogP contribution in [0.2, 0.25) is 0 Å². The molecule has 2 N–H and O–H groups in total. The van der Waals surface area contributed by atoms with Gasteiger partial charge < -0.3 is 10.6 Å². The second-order valence-corrected chi connectivity index (χ2v) is 6.87. The molecule has 5 heteroatoms. The minimum atomic E-state index is 0.625. The first-order valence-electron chi connectivity index (χ1n) is 8.03. The molecular weight excluding hydrogens is 280 g/mol. The van der Waals surface area contributed by atoms with E-state index in [1.54, 1.807) is 17.7 Å². The maximum absolute atomic E-state index is 5.73. The Hall–Kier alpha value is -1.20. The Morgan fingerprint density at radius 3 is 2.86 bits per heavy atom. The SMILES string of the molecule is CCc1cc2c(N(CCCN)C3CCCC3)ncnc2s1. The first kappa shape index (κ1) is 14.7. The zero-order chi connectivity index (χ0) is 14.7. The maximum Gasteiger partial charge on any atom is 0.141 e. The topological polar surface area (TPSA) is 55.0 Å². The van der Waals surface area contributed by atoms with E-state index in [9.17, 15) is 0 Å². The predicted molar refractivity (Wildman–Crippen MR) is 90.1 cm³/mol. The normalized spacial score (nSPS) is 15.9. The van der Waals surface area contributed by atoms with Gasteiger partial charge in [0.05, 0.1) is 5.39 Å². The summed E-state index contributed by atoms with van der Waals surface area (Å²) in [6.45, 7) is 3.94. The highest BCUT2D eigenvalue weighted by atomic mass is 32.1. The molecule has 4 nitrogen and oxygen atoms in total. The van der Waals surface area contributed by atoms with Crippen molar-refractivity contribution in [3.05, 3.63) is 17.3 Å². The van der Waals surface area contributed by atoms with Crippen LogP contribution in [0.15, 0.2) is 12.4 Å². The van der Waals surface area contributed by atoms with Crippen molar-refractivity contribution >= 4 is 27.4 Å². The lowest BCUT2D eigenvalue weighted by Gasteiger charge is -2.30. The van der Waals surface area contributed by atoms with Crippen molar-refractivity contribution in [1.29, 1.82) is 0 Å². The molecule has 0 unspecified atom stereocenters. The summed E-state index contributed by atoms with van der Waals surface area (Å²) in [6, 6.07) is 2.90. The molecule has 0 bridgehead atoms. The number of fused-ring (bicyclic) bond motifs is 1. The molecule has 21 heavy (non-hydrogen) atoms. The molecule has 1 aliphatic rings. The molecule has 0 aliphatic heterocycles. The molecule has 1 saturated carbocycles. The van der Waals surface area contributed by atoms with Gasteiger partial charge in [-0.2, -0.15) is 0 Å². The van der Waals surface area contributed by atoms with Crippen LogP contribution in [0.5, 0.6) is 0 Å². The molecule has 2 aromatic rings. The maximum atomic E-state index is 5.73. The van der Waals surface area contributed by atoms with E-state index < -0.39 is 0 Å². The monoisotopic (exact) mass is 304 g/mol. The Morgan fingerprint density at radius 2 is 2.14 bits per heavy atom. The second-order valence-electron chi connectivity index (χ2n) is 5.76. The van der Waals surface area contributed by atoms with Crippen LogP contribution < -0.4 is 10.6 Å². The molecule has 0 saturated heterocycles. The standard InChI is InChI=1S/C16H24N4S/c1-2-13-10-14-15(18-11-19-16(14)21-13)20(9-5-8-17)12-6-3-4-7-12/h10-12H,2-9,17H2,1H3. The van der Waals surface area contributed by atoms with Crippen molar-refractivity contribution in [1.82, 2.24) is 9.97 Å². The molecule has 1 aliphatic carbocycles. The zero-order valence-electron chi connectivity index (χ0n) is 12.7. The van der Waals surface area contributed by atoms with Gasteiger partial charge in [0.1, 0.15) is 17.0 Å². The van der Waals surface area contributed by atoms with Crippen molar-refractivity contribution in [2.75, 3.05) is 18.0 Å². The molecule has 114 valence electrons. The fourth-order valence-corrected chi connectivity index (χ4v) is 4.16. The number of nitrogens with two attached hydrogens (primary N) is 1. The van der Waals surface area contributed by atoms with Gasteiger partial charge in [0.25, 0.3) is 0 Å². The van der Waals surface area contributed by atoms with E-state index in [2.05, 4.69) is 27.9 Å². The first-order chi connectivity index (χ1) is 10.3. The van der Waals surface area contributed by atoms with E-state index in [1.807, 2.05) is 0 Å². The summed E-state index contributed by atoms with van der Waals surface area (Å²) < 4.78 is 0. The summed E-state index contributed by atoms with van der Waals surface area (Å²) in [6.07, 6.45) is 9.03. The third-order valence-corrected chi connectivity index (χ3v) is 5.54. The Morgan fingerprint density at radius 1 is 1.33 bits per heavy atom. The molecule has 2 aromatic heterocycles. The van der Waals surface area contributed by atoms with Crippen molar-refractivity contribution in [2.24, 2.45) is 5.73 Å². The van der Waals surface area contributed by atoms with Crippen LogP contribution in [-0.4, -0.2) is 29.1 Å². The van der Waals surface area contributed by atoms with Gasteiger partial charge in [-0.1, -0.05) is 19.8 Å². The minimum Gasteiger partial charge on any atom is -0.353 e. The number of aryl methyl sites for hydroxylation is 1. The summed E-state index contributed by atoms with van der Waals surface area (Å²) in [5.41, 5.74) is 5.73. The highest BCUT2D eigenvalue weighted by molar-refractivity contribution is 7.18.